The van der Waals surface area contributed by atoms with Crippen LogP contribution < -0.4 is 5.32 Å². The third kappa shape index (κ3) is 4.12. The number of carbonyl (C=O) groups is 2. The fourth-order valence-electron chi connectivity index (χ4n) is 2.63. The summed E-state index contributed by atoms with van der Waals surface area (Å²) in [5, 5.41) is 2.34. The maximum atomic E-state index is 12.8. The predicted molar refractivity (Wildman–Crippen MR) is 88.0 cm³/mol. The lowest BCUT2D eigenvalue weighted by molar-refractivity contribution is -0.123. The Kier molecular flexibility index (Phi) is 5.95. The Bertz CT molecular complexity index is 717. The Morgan fingerprint density at radius 1 is 1.33 bits per heavy atom. The summed E-state index contributed by atoms with van der Waals surface area (Å²) in [4.78, 5) is 23.2. The van der Waals surface area contributed by atoms with Crippen LogP contribution in [0.3, 0.4) is 0 Å². The Hall–Kier alpha value is -1.93. The van der Waals surface area contributed by atoms with Crippen molar-refractivity contribution in [1.82, 2.24) is 9.62 Å². The number of likely N-dealkylation sites (N-methyl/N-ethyl adjacent to an activating group) is 1. The van der Waals surface area contributed by atoms with Crippen molar-refractivity contribution in [3.63, 3.8) is 0 Å². The van der Waals surface area contributed by atoms with Gasteiger partial charge in [0.1, 0.15) is 0 Å². The average molecular weight is 354 g/mol. The number of nitrogens with zero attached hydrogens (tertiary/aromatic N) is 1. The molecule has 0 bridgehead atoms. The SMILES string of the molecule is CNC(=O)COC(=O)c1cccc(S(=O)(=O)N2CCCC[C@@H]2C)c1. The van der Waals surface area contributed by atoms with Crippen molar-refractivity contribution in [2.24, 2.45) is 0 Å². The summed E-state index contributed by atoms with van der Waals surface area (Å²) in [5.74, 6) is -1.17. The van der Waals surface area contributed by atoms with Crippen LogP contribution in [0.4, 0.5) is 0 Å². The van der Waals surface area contributed by atoms with Gasteiger partial charge < -0.3 is 10.1 Å². The van der Waals surface area contributed by atoms with E-state index in [1.165, 1.54) is 35.6 Å². The number of hydrogen-bond donors (Lipinski definition) is 1. The number of piperidine rings is 1. The molecule has 2 rings (SSSR count). The summed E-state index contributed by atoms with van der Waals surface area (Å²) in [6.07, 6.45) is 2.67. The Morgan fingerprint density at radius 3 is 2.75 bits per heavy atom. The number of amides is 1. The predicted octanol–water partition coefficient (Wildman–Crippen LogP) is 1.15. The van der Waals surface area contributed by atoms with E-state index in [1.54, 1.807) is 0 Å². The van der Waals surface area contributed by atoms with Crippen molar-refractivity contribution in [3.8, 4) is 0 Å². The van der Waals surface area contributed by atoms with Crippen LogP contribution >= 0.6 is 0 Å². The second-order valence-electron chi connectivity index (χ2n) is 5.74. The highest BCUT2D eigenvalue weighted by Gasteiger charge is 2.31. The number of hydrogen-bond acceptors (Lipinski definition) is 5. The van der Waals surface area contributed by atoms with E-state index in [2.05, 4.69) is 5.32 Å². The highest BCUT2D eigenvalue weighted by Crippen LogP contribution is 2.25. The fraction of sp³-hybridized carbons (Fsp3) is 0.500. The van der Waals surface area contributed by atoms with Crippen LogP contribution in [0, 0.1) is 0 Å². The van der Waals surface area contributed by atoms with Crippen molar-refractivity contribution in [2.45, 2.75) is 37.1 Å². The molecule has 0 unspecified atom stereocenters. The maximum absolute atomic E-state index is 12.8. The Labute approximate surface area is 142 Å². The Balaban J connectivity index is 2.20. The van der Waals surface area contributed by atoms with Gasteiger partial charge >= 0.3 is 5.97 Å². The summed E-state index contributed by atoms with van der Waals surface area (Å²) in [6.45, 7) is 1.96. The zero-order valence-electron chi connectivity index (χ0n) is 13.8. The van der Waals surface area contributed by atoms with Gasteiger partial charge in [-0.05, 0) is 38.0 Å². The minimum Gasteiger partial charge on any atom is -0.452 e. The van der Waals surface area contributed by atoms with E-state index in [0.29, 0.717) is 6.54 Å². The van der Waals surface area contributed by atoms with Crippen molar-refractivity contribution in [3.05, 3.63) is 29.8 Å². The summed E-state index contributed by atoms with van der Waals surface area (Å²) in [7, 11) is -2.22. The van der Waals surface area contributed by atoms with Gasteiger partial charge in [-0.2, -0.15) is 4.31 Å². The largest absolute Gasteiger partial charge is 0.452 e. The van der Waals surface area contributed by atoms with Gasteiger partial charge in [0.25, 0.3) is 5.91 Å². The topological polar surface area (TPSA) is 92.8 Å². The minimum absolute atomic E-state index is 0.0608. The van der Waals surface area contributed by atoms with E-state index < -0.39 is 28.5 Å². The van der Waals surface area contributed by atoms with Gasteiger partial charge in [-0.1, -0.05) is 12.5 Å². The molecular weight excluding hydrogens is 332 g/mol. The van der Waals surface area contributed by atoms with E-state index in [-0.39, 0.29) is 16.5 Å². The van der Waals surface area contributed by atoms with Crippen LogP contribution in [-0.2, 0) is 19.6 Å². The van der Waals surface area contributed by atoms with Gasteiger partial charge in [0.15, 0.2) is 6.61 Å². The number of ether oxygens (including phenoxy) is 1. The molecule has 1 saturated heterocycles. The molecular formula is C16H22N2O5S. The molecule has 24 heavy (non-hydrogen) atoms. The molecule has 1 atom stereocenters. The first-order chi connectivity index (χ1) is 11.4. The van der Waals surface area contributed by atoms with Crippen LogP contribution in [0.15, 0.2) is 29.2 Å². The van der Waals surface area contributed by atoms with E-state index in [9.17, 15) is 18.0 Å². The third-order valence-corrected chi connectivity index (χ3v) is 6.04. The van der Waals surface area contributed by atoms with Crippen LogP contribution in [0.25, 0.3) is 0 Å². The molecule has 1 aromatic carbocycles. The molecule has 1 fully saturated rings. The summed E-state index contributed by atoms with van der Waals surface area (Å²) >= 11 is 0. The highest BCUT2D eigenvalue weighted by molar-refractivity contribution is 7.89. The normalized spacial score (nSPS) is 18.8. The van der Waals surface area contributed by atoms with Crippen LogP contribution in [0.2, 0.25) is 0 Å². The number of sulfonamides is 1. The molecule has 0 spiro atoms. The molecule has 0 aliphatic carbocycles. The Morgan fingerprint density at radius 2 is 2.08 bits per heavy atom. The van der Waals surface area contributed by atoms with Gasteiger partial charge in [0.05, 0.1) is 10.5 Å². The summed E-state index contributed by atoms with van der Waals surface area (Å²) in [5.41, 5.74) is 0.102. The van der Waals surface area contributed by atoms with E-state index in [0.717, 1.165) is 19.3 Å². The van der Waals surface area contributed by atoms with Crippen molar-refractivity contribution in [1.29, 1.82) is 0 Å². The number of esters is 1. The van der Waals surface area contributed by atoms with Gasteiger partial charge in [-0.25, -0.2) is 13.2 Å². The molecule has 1 amide bonds. The van der Waals surface area contributed by atoms with Crippen molar-refractivity contribution >= 4 is 21.9 Å². The molecule has 1 aromatic rings. The smallest absolute Gasteiger partial charge is 0.338 e. The number of carbonyl (C=O) groups excluding carboxylic acids is 2. The molecule has 0 radical (unpaired) electrons. The molecule has 1 heterocycles. The first-order valence-corrected chi connectivity index (χ1v) is 9.30. The second-order valence-corrected chi connectivity index (χ2v) is 7.63. The molecule has 7 nitrogen and oxygen atoms in total. The zero-order chi connectivity index (χ0) is 17.7. The minimum atomic E-state index is -3.66. The lowest BCUT2D eigenvalue weighted by Gasteiger charge is -2.32. The van der Waals surface area contributed by atoms with Crippen LogP contribution in [0.1, 0.15) is 36.5 Å². The quantitative estimate of drug-likeness (QED) is 0.801. The molecule has 1 aliphatic rings. The van der Waals surface area contributed by atoms with Crippen LogP contribution in [-0.4, -0.2) is 50.8 Å². The van der Waals surface area contributed by atoms with Crippen molar-refractivity contribution in [2.75, 3.05) is 20.2 Å². The van der Waals surface area contributed by atoms with Crippen molar-refractivity contribution < 1.29 is 22.7 Å². The molecule has 0 saturated carbocycles. The standard InChI is InChI=1S/C16H22N2O5S/c1-12-6-3-4-9-18(12)24(21,22)14-8-5-7-13(10-14)16(20)23-11-15(19)17-2/h5,7-8,10,12H,3-4,6,9,11H2,1-2H3,(H,17,19)/t12-/m0/s1. The number of benzene rings is 1. The lowest BCUT2D eigenvalue weighted by atomic mass is 10.1. The van der Waals surface area contributed by atoms with E-state index in [1.807, 2.05) is 6.92 Å². The third-order valence-electron chi connectivity index (χ3n) is 4.03. The van der Waals surface area contributed by atoms with Crippen LogP contribution in [0.5, 0.6) is 0 Å². The number of nitrogens with one attached hydrogen (secondary N) is 1. The summed E-state index contributed by atoms with van der Waals surface area (Å²) in [6, 6.07) is 5.66. The van der Waals surface area contributed by atoms with E-state index >= 15 is 0 Å². The first kappa shape index (κ1) is 18.4. The molecule has 8 heteroatoms. The van der Waals surface area contributed by atoms with E-state index in [4.69, 9.17) is 4.74 Å². The monoisotopic (exact) mass is 354 g/mol. The fourth-order valence-corrected chi connectivity index (χ4v) is 4.38. The van der Waals surface area contributed by atoms with Gasteiger partial charge in [0.2, 0.25) is 10.0 Å². The molecule has 132 valence electrons. The molecule has 0 aromatic heterocycles. The zero-order valence-corrected chi connectivity index (χ0v) is 14.6. The van der Waals surface area contributed by atoms with Gasteiger partial charge in [-0.15, -0.1) is 0 Å². The van der Waals surface area contributed by atoms with Gasteiger partial charge in [0, 0.05) is 19.6 Å². The molecule has 1 N–H and O–H groups in total. The average Bonchev–Trinajstić information content (AvgIpc) is 2.59. The van der Waals surface area contributed by atoms with Gasteiger partial charge in [-0.3, -0.25) is 4.79 Å². The second kappa shape index (κ2) is 7.76. The lowest BCUT2D eigenvalue weighted by Crippen LogP contribution is -2.41. The first-order valence-electron chi connectivity index (χ1n) is 7.86. The summed E-state index contributed by atoms with van der Waals surface area (Å²) < 4.78 is 31.9. The highest BCUT2D eigenvalue weighted by atomic mass is 32.2. The number of rotatable bonds is 5. The maximum Gasteiger partial charge on any atom is 0.338 e. The molecule has 1 aliphatic heterocycles.